The van der Waals surface area contributed by atoms with Crippen LogP contribution < -0.4 is 0 Å². The van der Waals surface area contributed by atoms with Crippen LogP contribution in [0.2, 0.25) is 0 Å². The average molecular weight is 172 g/mol. The summed E-state index contributed by atoms with van der Waals surface area (Å²) in [5.41, 5.74) is 1.03. The second kappa shape index (κ2) is 2.98. The standard InChI is InChI=1S/C11H8O2/c12-9-6-7-10(13)11(9)8-4-2-1-3-5-8/h2-7H,1H2. The summed E-state index contributed by atoms with van der Waals surface area (Å²) in [5, 5.41) is 0. The third-order valence-corrected chi connectivity index (χ3v) is 2.03. The normalized spacial score (nSPS) is 20.6. The van der Waals surface area contributed by atoms with Crippen molar-refractivity contribution in [2.75, 3.05) is 0 Å². The van der Waals surface area contributed by atoms with Gasteiger partial charge in [0.05, 0.1) is 5.57 Å². The molecule has 0 heterocycles. The largest absolute Gasteiger partial charge is 0.289 e. The quantitative estimate of drug-likeness (QED) is 0.410. The predicted octanol–water partition coefficient (Wildman–Crippen LogP) is 1.51. The van der Waals surface area contributed by atoms with E-state index in [0.29, 0.717) is 5.57 Å². The highest BCUT2D eigenvalue weighted by Crippen LogP contribution is 2.19. The van der Waals surface area contributed by atoms with Gasteiger partial charge in [0.15, 0.2) is 11.6 Å². The molecule has 0 saturated carbocycles. The topological polar surface area (TPSA) is 34.1 Å². The molecule has 0 aliphatic heterocycles. The molecule has 0 radical (unpaired) electrons. The van der Waals surface area contributed by atoms with Gasteiger partial charge in [-0.25, -0.2) is 0 Å². The number of hydrogen-bond acceptors (Lipinski definition) is 2. The Morgan fingerprint density at radius 3 is 1.92 bits per heavy atom. The van der Waals surface area contributed by atoms with Crippen molar-refractivity contribution in [1.29, 1.82) is 0 Å². The van der Waals surface area contributed by atoms with Crippen molar-refractivity contribution in [3.05, 3.63) is 47.6 Å². The third-order valence-electron chi connectivity index (χ3n) is 2.03. The first kappa shape index (κ1) is 7.92. The van der Waals surface area contributed by atoms with Crippen LogP contribution in [-0.4, -0.2) is 11.6 Å². The van der Waals surface area contributed by atoms with Crippen LogP contribution in [0.25, 0.3) is 0 Å². The van der Waals surface area contributed by atoms with Crippen LogP contribution in [0.4, 0.5) is 0 Å². The lowest BCUT2D eigenvalue weighted by atomic mass is 10.0. The van der Waals surface area contributed by atoms with Crippen molar-refractivity contribution in [3.63, 3.8) is 0 Å². The van der Waals surface area contributed by atoms with E-state index in [1.54, 1.807) is 0 Å². The fourth-order valence-electron chi connectivity index (χ4n) is 1.41. The van der Waals surface area contributed by atoms with Crippen LogP contribution >= 0.6 is 0 Å². The number of allylic oxidation sites excluding steroid dienone is 8. The number of rotatable bonds is 0. The summed E-state index contributed by atoms with van der Waals surface area (Å²) in [6, 6.07) is 0. The number of hydrogen-bond donors (Lipinski definition) is 0. The Balaban J connectivity index is 2.49. The van der Waals surface area contributed by atoms with Crippen molar-refractivity contribution >= 4 is 11.6 Å². The van der Waals surface area contributed by atoms with Crippen LogP contribution in [0.5, 0.6) is 0 Å². The van der Waals surface area contributed by atoms with Gasteiger partial charge in [-0.05, 0) is 24.1 Å². The molecule has 0 aromatic carbocycles. The lowest BCUT2D eigenvalue weighted by Gasteiger charge is -2.02. The van der Waals surface area contributed by atoms with Gasteiger partial charge in [-0.15, -0.1) is 0 Å². The van der Waals surface area contributed by atoms with Crippen molar-refractivity contribution in [2.24, 2.45) is 0 Å². The zero-order valence-electron chi connectivity index (χ0n) is 6.99. The first-order valence-corrected chi connectivity index (χ1v) is 4.13. The van der Waals surface area contributed by atoms with Crippen molar-refractivity contribution in [1.82, 2.24) is 0 Å². The lowest BCUT2D eigenvalue weighted by molar-refractivity contribution is -0.115. The van der Waals surface area contributed by atoms with Crippen LogP contribution in [0.3, 0.4) is 0 Å². The maximum absolute atomic E-state index is 11.3. The maximum atomic E-state index is 11.3. The molecule has 2 rings (SSSR count). The summed E-state index contributed by atoms with van der Waals surface area (Å²) in [4.78, 5) is 22.5. The van der Waals surface area contributed by atoms with Crippen LogP contribution in [0.1, 0.15) is 6.42 Å². The molecule has 0 fully saturated rings. The fraction of sp³-hybridized carbons (Fsp3) is 0.0909. The second-order valence-corrected chi connectivity index (χ2v) is 2.93. The summed E-state index contributed by atoms with van der Waals surface area (Å²) in [6.45, 7) is 0. The highest BCUT2D eigenvalue weighted by atomic mass is 16.2. The molecule has 2 aliphatic carbocycles. The first-order chi connectivity index (χ1) is 6.29. The Morgan fingerprint density at radius 1 is 0.846 bits per heavy atom. The Labute approximate surface area is 75.9 Å². The number of carbonyl (C=O) groups is 2. The van der Waals surface area contributed by atoms with Gasteiger partial charge < -0.3 is 0 Å². The maximum Gasteiger partial charge on any atom is 0.190 e. The summed E-state index contributed by atoms with van der Waals surface area (Å²) in [6.07, 6.45) is 11.0. The van der Waals surface area contributed by atoms with Gasteiger partial charge in [0.2, 0.25) is 0 Å². The van der Waals surface area contributed by atoms with Crippen molar-refractivity contribution in [2.45, 2.75) is 6.42 Å². The molecule has 2 nitrogen and oxygen atoms in total. The molecular weight excluding hydrogens is 164 g/mol. The summed E-state index contributed by atoms with van der Waals surface area (Å²) < 4.78 is 0. The van der Waals surface area contributed by atoms with Crippen LogP contribution in [0.15, 0.2) is 47.6 Å². The Kier molecular flexibility index (Phi) is 1.81. The minimum atomic E-state index is -0.184. The van der Waals surface area contributed by atoms with Gasteiger partial charge in [0, 0.05) is 0 Å². The van der Waals surface area contributed by atoms with E-state index in [4.69, 9.17) is 0 Å². The summed E-state index contributed by atoms with van der Waals surface area (Å²) in [7, 11) is 0. The molecule has 0 atom stereocenters. The van der Waals surface area contributed by atoms with Gasteiger partial charge >= 0.3 is 0 Å². The summed E-state index contributed by atoms with van der Waals surface area (Å²) in [5.74, 6) is -0.368. The first-order valence-electron chi connectivity index (χ1n) is 4.13. The monoisotopic (exact) mass is 172 g/mol. The van der Waals surface area contributed by atoms with E-state index in [-0.39, 0.29) is 11.6 Å². The lowest BCUT2D eigenvalue weighted by Crippen LogP contribution is -2.04. The van der Waals surface area contributed by atoms with E-state index < -0.39 is 0 Å². The zero-order chi connectivity index (χ0) is 9.26. The Morgan fingerprint density at radius 2 is 1.38 bits per heavy atom. The molecule has 0 saturated heterocycles. The van der Waals surface area contributed by atoms with Gasteiger partial charge in [-0.2, -0.15) is 0 Å². The zero-order valence-corrected chi connectivity index (χ0v) is 6.99. The molecule has 64 valence electrons. The van der Waals surface area contributed by atoms with Gasteiger partial charge in [0.25, 0.3) is 0 Å². The fourth-order valence-corrected chi connectivity index (χ4v) is 1.41. The minimum absolute atomic E-state index is 0.184. The van der Waals surface area contributed by atoms with Gasteiger partial charge in [0.1, 0.15) is 0 Å². The average Bonchev–Trinajstić information content (AvgIpc) is 2.48. The second-order valence-electron chi connectivity index (χ2n) is 2.93. The molecule has 0 spiro atoms. The van der Waals surface area contributed by atoms with E-state index >= 15 is 0 Å². The van der Waals surface area contributed by atoms with Crippen molar-refractivity contribution < 1.29 is 9.59 Å². The highest BCUT2D eigenvalue weighted by Gasteiger charge is 2.22. The van der Waals surface area contributed by atoms with E-state index in [2.05, 4.69) is 0 Å². The predicted molar refractivity (Wildman–Crippen MR) is 49.1 cm³/mol. The van der Waals surface area contributed by atoms with E-state index in [1.165, 1.54) is 12.2 Å². The SMILES string of the molecule is O=C1C=CC(=O)C1=C1C=CCC=C1. The summed E-state index contributed by atoms with van der Waals surface area (Å²) >= 11 is 0. The Bertz CT molecular complexity index is 358. The molecule has 0 unspecified atom stereocenters. The Hall–Kier alpha value is -1.70. The van der Waals surface area contributed by atoms with Gasteiger partial charge in [-0.3, -0.25) is 9.59 Å². The smallest absolute Gasteiger partial charge is 0.190 e. The van der Waals surface area contributed by atoms with Crippen LogP contribution in [0, 0.1) is 0 Å². The molecule has 0 amide bonds. The third kappa shape index (κ3) is 1.31. The molecule has 0 bridgehead atoms. The molecule has 0 aromatic rings. The van der Waals surface area contributed by atoms with Crippen LogP contribution in [-0.2, 0) is 9.59 Å². The number of carbonyl (C=O) groups excluding carboxylic acids is 2. The molecule has 2 aliphatic rings. The number of ketones is 2. The van der Waals surface area contributed by atoms with E-state index in [1.807, 2.05) is 24.3 Å². The molecule has 0 N–H and O–H groups in total. The van der Waals surface area contributed by atoms with E-state index in [0.717, 1.165) is 12.0 Å². The minimum Gasteiger partial charge on any atom is -0.289 e. The van der Waals surface area contributed by atoms with Crippen molar-refractivity contribution in [3.8, 4) is 0 Å². The molecule has 0 aromatic heterocycles. The molecule has 13 heavy (non-hydrogen) atoms. The molecular formula is C11H8O2. The highest BCUT2D eigenvalue weighted by molar-refractivity contribution is 6.34. The molecule has 2 heteroatoms. The van der Waals surface area contributed by atoms with Gasteiger partial charge in [-0.1, -0.05) is 24.3 Å². The van der Waals surface area contributed by atoms with E-state index in [9.17, 15) is 9.59 Å².